The molecule has 1 N–H and O–H groups in total. The topological polar surface area (TPSA) is 40.5 Å². The Hall–Kier alpha value is -0.640. The molecule has 4 heteroatoms. The molecule has 0 radical (unpaired) electrons. The number of rotatable bonds is 9. The first-order valence-electron chi connectivity index (χ1n) is 8.88. The van der Waals surface area contributed by atoms with E-state index in [0.29, 0.717) is 19.0 Å². The third-order valence-electron chi connectivity index (χ3n) is 5.46. The molecular formula is C18H34FNO2. The van der Waals surface area contributed by atoms with Gasteiger partial charge in [-0.05, 0) is 44.1 Å². The zero-order chi connectivity index (χ0) is 16.8. The smallest absolute Gasteiger partial charge is 0.304 e. The molecule has 1 aliphatic carbocycles. The first-order chi connectivity index (χ1) is 10.3. The second-order valence-corrected chi connectivity index (χ2v) is 7.45. The highest BCUT2D eigenvalue weighted by Gasteiger charge is 2.45. The Morgan fingerprint density at radius 3 is 2.45 bits per heavy atom. The number of carboxylic acid groups (broad SMARTS) is 1. The van der Waals surface area contributed by atoms with E-state index in [0.717, 1.165) is 38.5 Å². The van der Waals surface area contributed by atoms with Crippen molar-refractivity contribution in [3.63, 3.8) is 0 Å². The minimum atomic E-state index is -1.19. The van der Waals surface area contributed by atoms with Crippen molar-refractivity contribution < 1.29 is 14.3 Å². The van der Waals surface area contributed by atoms with Crippen molar-refractivity contribution in [3.05, 3.63) is 0 Å². The van der Waals surface area contributed by atoms with Crippen LogP contribution in [0.5, 0.6) is 0 Å². The van der Waals surface area contributed by atoms with E-state index >= 15 is 4.39 Å². The lowest BCUT2D eigenvalue weighted by Gasteiger charge is -2.43. The highest BCUT2D eigenvalue weighted by Crippen LogP contribution is 2.43. The average Bonchev–Trinajstić information content (AvgIpc) is 2.45. The second kappa shape index (κ2) is 8.85. The van der Waals surface area contributed by atoms with Crippen LogP contribution < -0.4 is 0 Å². The molecule has 0 aromatic carbocycles. The van der Waals surface area contributed by atoms with Gasteiger partial charge in [-0.1, -0.05) is 40.0 Å². The van der Waals surface area contributed by atoms with Crippen LogP contribution in [0.15, 0.2) is 0 Å². The summed E-state index contributed by atoms with van der Waals surface area (Å²) in [6.07, 6.45) is 6.15. The van der Waals surface area contributed by atoms with Crippen LogP contribution in [0.2, 0.25) is 0 Å². The molecule has 1 saturated carbocycles. The van der Waals surface area contributed by atoms with Gasteiger partial charge in [0, 0.05) is 13.1 Å². The fourth-order valence-corrected chi connectivity index (χ4v) is 3.88. The van der Waals surface area contributed by atoms with Crippen LogP contribution >= 0.6 is 0 Å². The molecule has 0 aromatic heterocycles. The van der Waals surface area contributed by atoms with Gasteiger partial charge in [-0.2, -0.15) is 0 Å². The second-order valence-electron chi connectivity index (χ2n) is 7.45. The van der Waals surface area contributed by atoms with Crippen LogP contribution in [-0.4, -0.2) is 41.8 Å². The maximum absolute atomic E-state index is 16.0. The maximum atomic E-state index is 16.0. The van der Waals surface area contributed by atoms with Crippen molar-refractivity contribution in [2.75, 3.05) is 20.1 Å². The van der Waals surface area contributed by atoms with E-state index in [2.05, 4.69) is 13.8 Å². The summed E-state index contributed by atoms with van der Waals surface area (Å²) in [6, 6.07) is 0. The summed E-state index contributed by atoms with van der Waals surface area (Å²) in [4.78, 5) is 12.6. The first kappa shape index (κ1) is 19.4. The molecule has 130 valence electrons. The van der Waals surface area contributed by atoms with E-state index in [-0.39, 0.29) is 18.3 Å². The van der Waals surface area contributed by atoms with Crippen LogP contribution in [0.3, 0.4) is 0 Å². The molecule has 0 aliphatic heterocycles. The lowest BCUT2D eigenvalue weighted by atomic mass is 9.69. The third-order valence-corrected chi connectivity index (χ3v) is 5.46. The van der Waals surface area contributed by atoms with Gasteiger partial charge in [0.1, 0.15) is 5.67 Å². The van der Waals surface area contributed by atoms with Crippen molar-refractivity contribution in [2.24, 2.45) is 17.8 Å². The normalized spacial score (nSPS) is 26.6. The zero-order valence-electron chi connectivity index (χ0n) is 14.8. The molecule has 0 heterocycles. The maximum Gasteiger partial charge on any atom is 0.304 e. The molecule has 0 spiro atoms. The number of aliphatic carboxylic acids is 1. The Morgan fingerprint density at radius 2 is 1.95 bits per heavy atom. The lowest BCUT2D eigenvalue weighted by Crippen LogP contribution is -2.50. The predicted octanol–water partition coefficient (Wildman–Crippen LogP) is 4.36. The zero-order valence-corrected chi connectivity index (χ0v) is 14.8. The molecule has 2 atom stereocenters. The summed E-state index contributed by atoms with van der Waals surface area (Å²) in [6.45, 7) is 7.18. The predicted molar refractivity (Wildman–Crippen MR) is 88.8 cm³/mol. The molecule has 0 bridgehead atoms. The molecule has 0 saturated heterocycles. The molecular weight excluding hydrogens is 281 g/mol. The van der Waals surface area contributed by atoms with Gasteiger partial charge in [-0.25, -0.2) is 4.39 Å². The van der Waals surface area contributed by atoms with Gasteiger partial charge in [0.15, 0.2) is 0 Å². The molecule has 0 amide bonds. The van der Waals surface area contributed by atoms with Crippen LogP contribution in [0.1, 0.15) is 65.7 Å². The average molecular weight is 315 g/mol. The van der Waals surface area contributed by atoms with Gasteiger partial charge < -0.3 is 10.0 Å². The van der Waals surface area contributed by atoms with E-state index in [1.807, 2.05) is 18.9 Å². The quantitative estimate of drug-likeness (QED) is 0.687. The summed E-state index contributed by atoms with van der Waals surface area (Å²) < 4.78 is 16.0. The van der Waals surface area contributed by atoms with Gasteiger partial charge in [0.05, 0.1) is 6.42 Å². The summed E-state index contributed by atoms with van der Waals surface area (Å²) in [5.41, 5.74) is -1.19. The Bertz CT molecular complexity index is 342. The van der Waals surface area contributed by atoms with Gasteiger partial charge in [0.25, 0.3) is 0 Å². The van der Waals surface area contributed by atoms with Crippen LogP contribution in [-0.2, 0) is 4.79 Å². The highest BCUT2D eigenvalue weighted by molar-refractivity contribution is 5.66. The Kier molecular flexibility index (Phi) is 7.81. The highest BCUT2D eigenvalue weighted by atomic mass is 19.1. The Morgan fingerprint density at radius 1 is 1.36 bits per heavy atom. The fourth-order valence-electron chi connectivity index (χ4n) is 3.88. The molecule has 0 aromatic rings. The van der Waals surface area contributed by atoms with Crippen molar-refractivity contribution in [1.29, 1.82) is 0 Å². The van der Waals surface area contributed by atoms with E-state index in [4.69, 9.17) is 5.11 Å². The number of halogens is 1. The van der Waals surface area contributed by atoms with E-state index in [9.17, 15) is 4.79 Å². The summed E-state index contributed by atoms with van der Waals surface area (Å²) in [5.74, 6) is 0.0526. The number of alkyl halides is 1. The molecule has 1 rings (SSSR count). The first-order valence-corrected chi connectivity index (χ1v) is 8.88. The van der Waals surface area contributed by atoms with Gasteiger partial charge >= 0.3 is 5.97 Å². The minimum absolute atomic E-state index is 0.0307. The fraction of sp³-hybridized carbons (Fsp3) is 0.944. The van der Waals surface area contributed by atoms with Gasteiger partial charge in [-0.3, -0.25) is 4.79 Å². The number of hydrogen-bond donors (Lipinski definition) is 1. The largest absolute Gasteiger partial charge is 0.481 e. The Balaban J connectivity index is 2.75. The summed E-state index contributed by atoms with van der Waals surface area (Å²) >= 11 is 0. The standard InChI is InChI=1S/C18H34FNO2/c1-5-6-15(3)18(19,13-20(4)12-11-17(21)22)16-9-7-14(2)8-10-16/h14-16H,5-13H2,1-4H3,(H,21,22)/t14?,15-,16?,18?/m1/s1. The number of nitrogens with zero attached hydrogens (tertiary/aromatic N) is 1. The van der Waals surface area contributed by atoms with E-state index < -0.39 is 11.6 Å². The van der Waals surface area contributed by atoms with Crippen LogP contribution in [0.4, 0.5) is 4.39 Å². The van der Waals surface area contributed by atoms with E-state index in [1.54, 1.807) is 0 Å². The monoisotopic (exact) mass is 315 g/mol. The van der Waals surface area contributed by atoms with Crippen molar-refractivity contribution in [1.82, 2.24) is 4.90 Å². The minimum Gasteiger partial charge on any atom is -0.481 e. The molecule has 1 unspecified atom stereocenters. The van der Waals surface area contributed by atoms with Crippen LogP contribution in [0, 0.1) is 17.8 Å². The molecule has 1 fully saturated rings. The van der Waals surface area contributed by atoms with Crippen molar-refractivity contribution in [3.8, 4) is 0 Å². The third kappa shape index (κ3) is 5.53. The van der Waals surface area contributed by atoms with Gasteiger partial charge in [-0.15, -0.1) is 0 Å². The van der Waals surface area contributed by atoms with Gasteiger partial charge in [0.2, 0.25) is 0 Å². The van der Waals surface area contributed by atoms with Crippen molar-refractivity contribution >= 4 is 5.97 Å². The van der Waals surface area contributed by atoms with E-state index in [1.165, 1.54) is 0 Å². The number of carbonyl (C=O) groups is 1. The van der Waals surface area contributed by atoms with Crippen LogP contribution in [0.25, 0.3) is 0 Å². The summed E-state index contributed by atoms with van der Waals surface area (Å²) in [5, 5.41) is 8.81. The van der Waals surface area contributed by atoms with Crippen molar-refractivity contribution in [2.45, 2.75) is 71.4 Å². The summed E-state index contributed by atoms with van der Waals surface area (Å²) in [7, 11) is 1.85. The Labute approximate surface area is 135 Å². The molecule has 3 nitrogen and oxygen atoms in total. The number of carboxylic acids is 1. The molecule has 22 heavy (non-hydrogen) atoms. The lowest BCUT2D eigenvalue weighted by molar-refractivity contribution is -0.137. The molecule has 1 aliphatic rings. The SMILES string of the molecule is CCC[C@@H](C)C(F)(CN(C)CCC(=O)O)C1CCC(C)CC1. The number of hydrogen-bond acceptors (Lipinski definition) is 2.